The van der Waals surface area contributed by atoms with Crippen LogP contribution in [-0.4, -0.2) is 44.8 Å². The number of esters is 1. The molecule has 2 aliphatic heterocycles. The van der Waals surface area contributed by atoms with E-state index in [2.05, 4.69) is 44.2 Å². The molecule has 2 aliphatic carbocycles. The van der Waals surface area contributed by atoms with Crippen LogP contribution in [0.1, 0.15) is 51.5 Å². The number of rotatable bonds is 4. The standard InChI is InChI=1S/C26H36N2O2/c1-19-7-6-10-26(2)16-24-21(15-23(19)26)22(25(29)30-24)18-28-13-11-27(12-14-28)17-20-8-4-3-5-9-20/h3-5,8-9,21-22,24H,6-7,10-18H2,1-2H3/p+2/t21-,22-,24-,26-/m1/s1. The Morgan fingerprint density at radius 1 is 1.10 bits per heavy atom. The fourth-order valence-corrected chi connectivity index (χ4v) is 6.88. The molecule has 2 saturated heterocycles. The first-order chi connectivity index (χ1) is 14.5. The Kier molecular flexibility index (Phi) is 5.49. The van der Waals surface area contributed by atoms with E-state index in [0.717, 1.165) is 25.9 Å². The van der Waals surface area contributed by atoms with Gasteiger partial charge in [0.05, 0.1) is 6.54 Å². The van der Waals surface area contributed by atoms with E-state index in [0.29, 0.717) is 5.92 Å². The van der Waals surface area contributed by atoms with Crippen molar-refractivity contribution in [3.05, 3.63) is 47.0 Å². The summed E-state index contributed by atoms with van der Waals surface area (Å²) in [7, 11) is 0. The maximum atomic E-state index is 12.9. The molecule has 30 heavy (non-hydrogen) atoms. The first kappa shape index (κ1) is 20.3. The fourth-order valence-electron chi connectivity index (χ4n) is 6.88. The highest BCUT2D eigenvalue weighted by molar-refractivity contribution is 5.75. The maximum Gasteiger partial charge on any atom is 0.315 e. The lowest BCUT2D eigenvalue weighted by Gasteiger charge is -2.45. The number of quaternary nitrogens is 2. The van der Waals surface area contributed by atoms with Gasteiger partial charge in [0, 0.05) is 11.5 Å². The molecular weight excluding hydrogens is 372 g/mol. The van der Waals surface area contributed by atoms with Crippen molar-refractivity contribution in [1.82, 2.24) is 0 Å². The summed E-state index contributed by atoms with van der Waals surface area (Å²) in [6, 6.07) is 10.8. The first-order valence-electron chi connectivity index (χ1n) is 12.1. The zero-order chi connectivity index (χ0) is 20.7. The summed E-state index contributed by atoms with van der Waals surface area (Å²) in [6.45, 7) is 11.6. The van der Waals surface area contributed by atoms with Crippen LogP contribution in [-0.2, 0) is 16.1 Å². The Hall–Kier alpha value is -1.65. The number of benzene rings is 1. The summed E-state index contributed by atoms with van der Waals surface area (Å²) in [4.78, 5) is 16.1. The Bertz CT molecular complexity index is 812. The normalized spacial score (nSPS) is 38.7. The lowest BCUT2D eigenvalue weighted by atomic mass is 9.59. The summed E-state index contributed by atoms with van der Waals surface area (Å²) in [5.41, 5.74) is 4.98. The van der Waals surface area contributed by atoms with Crippen LogP contribution in [0.15, 0.2) is 41.5 Å². The summed E-state index contributed by atoms with van der Waals surface area (Å²) in [5, 5.41) is 0. The molecule has 0 spiro atoms. The van der Waals surface area contributed by atoms with Crippen LogP contribution in [0.3, 0.4) is 0 Å². The third-order valence-corrected chi connectivity index (χ3v) is 8.65. The Balaban J connectivity index is 1.20. The van der Waals surface area contributed by atoms with Gasteiger partial charge >= 0.3 is 5.97 Å². The third kappa shape index (κ3) is 3.85. The minimum absolute atomic E-state index is 0.0945. The van der Waals surface area contributed by atoms with E-state index < -0.39 is 0 Å². The van der Waals surface area contributed by atoms with Crippen LogP contribution in [0.2, 0.25) is 0 Å². The second-order valence-electron chi connectivity index (χ2n) is 10.7. The van der Waals surface area contributed by atoms with E-state index >= 15 is 0 Å². The number of hydrogen-bond donors (Lipinski definition) is 2. The van der Waals surface area contributed by atoms with E-state index in [1.807, 2.05) is 0 Å². The van der Waals surface area contributed by atoms with E-state index in [1.165, 1.54) is 51.0 Å². The number of carbonyl (C=O) groups is 1. The van der Waals surface area contributed by atoms with Gasteiger partial charge in [-0.1, -0.05) is 48.4 Å². The third-order valence-electron chi connectivity index (χ3n) is 8.65. The monoisotopic (exact) mass is 410 g/mol. The molecule has 4 atom stereocenters. The molecular formula is C26H38N2O2+2. The molecule has 1 aromatic carbocycles. The molecule has 3 fully saturated rings. The van der Waals surface area contributed by atoms with Gasteiger partial charge in [0.1, 0.15) is 44.7 Å². The molecule has 0 bridgehead atoms. The summed E-state index contributed by atoms with van der Waals surface area (Å²) in [6.07, 6.45) is 6.12. The number of piperazine rings is 1. The van der Waals surface area contributed by atoms with E-state index in [4.69, 9.17) is 4.74 Å². The average molecular weight is 411 g/mol. The van der Waals surface area contributed by atoms with E-state index in [9.17, 15) is 4.79 Å². The van der Waals surface area contributed by atoms with Crippen molar-refractivity contribution in [3.8, 4) is 0 Å². The number of allylic oxidation sites excluding steroid dienone is 2. The molecule has 0 unspecified atom stereocenters. The van der Waals surface area contributed by atoms with E-state index in [1.54, 1.807) is 20.9 Å². The largest absolute Gasteiger partial charge is 0.462 e. The van der Waals surface area contributed by atoms with Crippen molar-refractivity contribution in [2.24, 2.45) is 17.3 Å². The molecule has 1 saturated carbocycles. The highest BCUT2D eigenvalue weighted by Crippen LogP contribution is 2.54. The van der Waals surface area contributed by atoms with Crippen molar-refractivity contribution in [2.75, 3.05) is 32.7 Å². The number of fused-ring (bicyclic) bond motifs is 2. The molecule has 1 aromatic rings. The van der Waals surface area contributed by atoms with E-state index in [-0.39, 0.29) is 23.4 Å². The van der Waals surface area contributed by atoms with Crippen molar-refractivity contribution >= 4 is 5.97 Å². The molecule has 0 radical (unpaired) electrons. The van der Waals surface area contributed by atoms with Crippen LogP contribution >= 0.6 is 0 Å². The predicted octanol–water partition coefficient (Wildman–Crippen LogP) is 1.43. The fraction of sp³-hybridized carbons (Fsp3) is 0.654. The quantitative estimate of drug-likeness (QED) is 0.582. The van der Waals surface area contributed by atoms with Crippen molar-refractivity contribution < 1.29 is 19.3 Å². The Morgan fingerprint density at radius 3 is 2.60 bits per heavy atom. The zero-order valence-electron chi connectivity index (χ0n) is 18.7. The van der Waals surface area contributed by atoms with Gasteiger partial charge in [-0.05, 0) is 44.4 Å². The lowest BCUT2D eigenvalue weighted by molar-refractivity contribution is -1.02. The molecule has 4 aliphatic rings. The van der Waals surface area contributed by atoms with Crippen molar-refractivity contribution in [2.45, 2.75) is 58.6 Å². The Morgan fingerprint density at radius 2 is 1.83 bits per heavy atom. The average Bonchev–Trinajstić information content (AvgIpc) is 3.02. The maximum absolute atomic E-state index is 12.9. The van der Waals surface area contributed by atoms with Crippen LogP contribution in [0.5, 0.6) is 0 Å². The molecule has 2 heterocycles. The van der Waals surface area contributed by atoms with Gasteiger partial charge in [0.2, 0.25) is 0 Å². The molecule has 0 amide bonds. The number of carbonyl (C=O) groups excluding carboxylic acids is 1. The van der Waals surface area contributed by atoms with Gasteiger partial charge in [0.25, 0.3) is 0 Å². The molecule has 4 nitrogen and oxygen atoms in total. The topological polar surface area (TPSA) is 35.2 Å². The summed E-state index contributed by atoms with van der Waals surface area (Å²) < 4.78 is 5.99. The van der Waals surface area contributed by atoms with Gasteiger partial charge in [-0.25, -0.2) is 0 Å². The van der Waals surface area contributed by atoms with Crippen LogP contribution in [0.4, 0.5) is 0 Å². The number of ether oxygens (including phenoxy) is 1. The highest BCUT2D eigenvalue weighted by Gasteiger charge is 2.54. The molecule has 4 heteroatoms. The number of hydrogen-bond acceptors (Lipinski definition) is 2. The van der Waals surface area contributed by atoms with Crippen molar-refractivity contribution in [1.29, 1.82) is 0 Å². The molecule has 0 aromatic heterocycles. The smallest absolute Gasteiger partial charge is 0.315 e. The minimum atomic E-state index is 0.0945. The summed E-state index contributed by atoms with van der Waals surface area (Å²) in [5.74, 6) is 0.611. The molecule has 2 N–H and O–H groups in total. The zero-order valence-corrected chi connectivity index (χ0v) is 18.7. The second kappa shape index (κ2) is 8.12. The van der Waals surface area contributed by atoms with Gasteiger partial charge in [-0.2, -0.15) is 0 Å². The van der Waals surface area contributed by atoms with Gasteiger partial charge in [-0.15, -0.1) is 0 Å². The molecule has 5 rings (SSSR count). The first-order valence-corrected chi connectivity index (χ1v) is 12.1. The highest BCUT2D eigenvalue weighted by atomic mass is 16.6. The minimum Gasteiger partial charge on any atom is -0.462 e. The number of nitrogens with one attached hydrogen (secondary N) is 2. The summed E-state index contributed by atoms with van der Waals surface area (Å²) >= 11 is 0. The van der Waals surface area contributed by atoms with Crippen LogP contribution in [0, 0.1) is 17.3 Å². The van der Waals surface area contributed by atoms with Crippen molar-refractivity contribution in [3.63, 3.8) is 0 Å². The molecule has 162 valence electrons. The van der Waals surface area contributed by atoms with Gasteiger partial charge in [-0.3, -0.25) is 4.79 Å². The van der Waals surface area contributed by atoms with Gasteiger partial charge in [0.15, 0.2) is 0 Å². The predicted molar refractivity (Wildman–Crippen MR) is 117 cm³/mol. The second-order valence-corrected chi connectivity index (χ2v) is 10.7. The lowest BCUT2D eigenvalue weighted by Crippen LogP contribution is -3.27. The SMILES string of the molecule is CC1=C2C[C@H]3[C@@H](C[C@@]2(C)CCC1)OC(=O)[C@@H]3C[NH+]1CC[NH+](Cc2ccccc2)CC1. The van der Waals surface area contributed by atoms with Crippen LogP contribution < -0.4 is 9.80 Å². The van der Waals surface area contributed by atoms with Crippen LogP contribution in [0.25, 0.3) is 0 Å². The Labute approximate surface area is 181 Å². The van der Waals surface area contributed by atoms with Gasteiger partial charge < -0.3 is 14.5 Å².